The number of aromatic nitrogens is 2. The fraction of sp³-hybridized carbons (Fsp3) is 0.300. The van der Waals surface area contributed by atoms with Crippen LogP contribution in [0, 0.1) is 0 Å². The number of nitrogens with zero attached hydrogens (tertiary/aromatic N) is 3. The minimum Gasteiger partial charge on any atom is -0.461 e. The monoisotopic (exact) mass is 350 g/mol. The minimum absolute atomic E-state index is 0.0749. The first kappa shape index (κ1) is 16.6. The third-order valence-corrected chi connectivity index (χ3v) is 4.76. The maximum absolute atomic E-state index is 12.5. The number of nitrogens with one attached hydrogen (secondary N) is 1. The largest absolute Gasteiger partial charge is 0.461 e. The Hall–Kier alpha value is -2.86. The molecule has 3 aromatic rings. The Balaban J connectivity index is 1.52. The molecule has 1 N–H and O–H groups in total. The fourth-order valence-electron chi connectivity index (χ4n) is 3.30. The molecule has 4 rings (SSSR count). The van der Waals surface area contributed by atoms with E-state index in [1.165, 1.54) is 11.3 Å². The number of benzene rings is 1. The van der Waals surface area contributed by atoms with Crippen molar-refractivity contribution in [3.05, 3.63) is 69.8 Å². The molecule has 0 bridgehead atoms. The van der Waals surface area contributed by atoms with Crippen molar-refractivity contribution >= 4 is 5.69 Å². The summed E-state index contributed by atoms with van der Waals surface area (Å²) in [6, 6.07) is 12.1. The predicted octanol–water partition coefficient (Wildman–Crippen LogP) is 2.65. The van der Waals surface area contributed by atoms with Crippen LogP contribution in [-0.4, -0.2) is 35.5 Å². The van der Waals surface area contributed by atoms with E-state index >= 15 is 0 Å². The summed E-state index contributed by atoms with van der Waals surface area (Å²) in [6.45, 7) is 2.33. The lowest BCUT2D eigenvalue weighted by Crippen LogP contribution is -2.35. The lowest BCUT2D eigenvalue weighted by atomic mass is 10.1. The Bertz CT molecular complexity index is 943. The number of hydrogen-bond donors (Lipinski definition) is 1. The number of fused-ring (bicyclic) bond motifs is 1. The fourth-order valence-corrected chi connectivity index (χ4v) is 3.30. The summed E-state index contributed by atoms with van der Waals surface area (Å²) in [5, 5.41) is 0. The van der Waals surface area contributed by atoms with E-state index in [-0.39, 0.29) is 5.56 Å². The van der Waals surface area contributed by atoms with Crippen LogP contribution < -0.4 is 10.5 Å². The summed E-state index contributed by atoms with van der Waals surface area (Å²) in [5.74, 6) is 1.10. The molecule has 134 valence electrons. The van der Waals surface area contributed by atoms with Crippen LogP contribution in [0.25, 0.3) is 11.6 Å². The van der Waals surface area contributed by atoms with Gasteiger partial charge in [-0.1, -0.05) is 12.1 Å². The highest BCUT2D eigenvalue weighted by atomic mass is 16.3. The molecule has 1 aliphatic rings. The average Bonchev–Trinajstić information content (AvgIpc) is 3.17. The van der Waals surface area contributed by atoms with Crippen LogP contribution >= 0.6 is 0 Å². The molecule has 0 fully saturated rings. The molecular weight excluding hydrogens is 328 g/mol. The van der Waals surface area contributed by atoms with Crippen LogP contribution in [0.4, 0.5) is 5.69 Å². The number of aromatic amines is 1. The molecule has 0 aliphatic carbocycles. The van der Waals surface area contributed by atoms with Crippen molar-refractivity contribution in [3.8, 4) is 11.6 Å². The third-order valence-electron chi connectivity index (χ3n) is 4.76. The van der Waals surface area contributed by atoms with E-state index < -0.39 is 0 Å². The second kappa shape index (κ2) is 6.80. The van der Waals surface area contributed by atoms with Gasteiger partial charge in [-0.25, -0.2) is 4.98 Å². The van der Waals surface area contributed by atoms with Gasteiger partial charge in [0.05, 0.1) is 17.5 Å². The third kappa shape index (κ3) is 3.28. The molecule has 26 heavy (non-hydrogen) atoms. The van der Waals surface area contributed by atoms with Crippen molar-refractivity contribution in [2.75, 3.05) is 25.5 Å². The molecule has 0 saturated carbocycles. The van der Waals surface area contributed by atoms with Crippen LogP contribution in [0.15, 0.2) is 51.9 Å². The Morgan fingerprint density at radius 2 is 2.04 bits per heavy atom. The van der Waals surface area contributed by atoms with Gasteiger partial charge in [0.25, 0.3) is 5.56 Å². The summed E-state index contributed by atoms with van der Waals surface area (Å²) in [5.41, 5.74) is 3.99. The molecule has 6 heteroatoms. The van der Waals surface area contributed by atoms with E-state index in [9.17, 15) is 4.79 Å². The first-order valence-corrected chi connectivity index (χ1v) is 8.75. The molecule has 0 amide bonds. The lowest BCUT2D eigenvalue weighted by Gasteiger charge is -2.27. The summed E-state index contributed by atoms with van der Waals surface area (Å²) in [6.07, 6.45) is 2.35. The maximum Gasteiger partial charge on any atom is 0.256 e. The normalized spacial score (nSPS) is 14.2. The van der Waals surface area contributed by atoms with Crippen LogP contribution in [0.2, 0.25) is 0 Å². The van der Waals surface area contributed by atoms with Gasteiger partial charge in [-0.2, -0.15) is 0 Å². The number of rotatable bonds is 4. The second-order valence-corrected chi connectivity index (χ2v) is 6.84. The number of anilines is 1. The van der Waals surface area contributed by atoms with Gasteiger partial charge in [0.2, 0.25) is 0 Å². The molecule has 1 aromatic carbocycles. The van der Waals surface area contributed by atoms with Crippen molar-refractivity contribution in [1.29, 1.82) is 0 Å². The minimum atomic E-state index is -0.0749. The molecule has 0 spiro atoms. The van der Waals surface area contributed by atoms with E-state index in [0.29, 0.717) is 18.1 Å². The molecule has 6 nitrogen and oxygen atoms in total. The summed E-state index contributed by atoms with van der Waals surface area (Å²) in [7, 11) is 4.07. The first-order chi connectivity index (χ1) is 12.6. The SMILES string of the molecule is CN(C)c1ccc(CN2CCc3nc(-c4ccco4)[nH]c(=O)c3C2)cc1. The van der Waals surface area contributed by atoms with Crippen molar-refractivity contribution in [2.45, 2.75) is 19.5 Å². The van der Waals surface area contributed by atoms with Gasteiger partial charge >= 0.3 is 0 Å². The molecule has 1 aliphatic heterocycles. The standard InChI is InChI=1S/C20H22N4O2/c1-23(2)15-7-5-14(6-8-15)12-24-10-9-17-16(13-24)20(25)22-19(21-17)18-4-3-11-26-18/h3-8,11H,9-10,12-13H2,1-2H3,(H,21,22,25). The Labute approximate surface area is 152 Å². The molecule has 0 saturated heterocycles. The van der Waals surface area contributed by atoms with Crippen LogP contribution in [0.1, 0.15) is 16.8 Å². The zero-order valence-corrected chi connectivity index (χ0v) is 15.0. The Morgan fingerprint density at radius 1 is 1.23 bits per heavy atom. The quantitative estimate of drug-likeness (QED) is 0.784. The Kier molecular flexibility index (Phi) is 4.34. The summed E-state index contributed by atoms with van der Waals surface area (Å²) in [4.78, 5) is 24.4. The topological polar surface area (TPSA) is 65.4 Å². The molecule has 0 atom stereocenters. The van der Waals surface area contributed by atoms with Crippen LogP contribution in [0.3, 0.4) is 0 Å². The predicted molar refractivity (Wildman–Crippen MR) is 101 cm³/mol. The zero-order valence-electron chi connectivity index (χ0n) is 15.0. The number of hydrogen-bond acceptors (Lipinski definition) is 5. The van der Waals surface area contributed by atoms with E-state index in [1.807, 2.05) is 14.1 Å². The summed E-state index contributed by atoms with van der Waals surface area (Å²) < 4.78 is 5.35. The van der Waals surface area contributed by atoms with Crippen molar-refractivity contribution in [2.24, 2.45) is 0 Å². The molecular formula is C20H22N4O2. The van der Waals surface area contributed by atoms with Gasteiger partial charge in [0.1, 0.15) is 0 Å². The van der Waals surface area contributed by atoms with Crippen molar-refractivity contribution in [1.82, 2.24) is 14.9 Å². The number of H-pyrrole nitrogens is 1. The zero-order chi connectivity index (χ0) is 18.1. The Morgan fingerprint density at radius 3 is 2.73 bits per heavy atom. The maximum atomic E-state index is 12.5. The number of furan rings is 1. The van der Waals surface area contributed by atoms with Crippen LogP contribution in [-0.2, 0) is 19.5 Å². The first-order valence-electron chi connectivity index (χ1n) is 8.75. The lowest BCUT2D eigenvalue weighted by molar-refractivity contribution is 0.242. The smallest absolute Gasteiger partial charge is 0.256 e. The van der Waals surface area contributed by atoms with Gasteiger partial charge in [-0.15, -0.1) is 0 Å². The van der Waals surface area contributed by atoms with Crippen LogP contribution in [0.5, 0.6) is 0 Å². The molecule has 3 heterocycles. The highest BCUT2D eigenvalue weighted by molar-refractivity contribution is 5.47. The van der Waals surface area contributed by atoms with Gasteiger partial charge in [0.15, 0.2) is 11.6 Å². The summed E-state index contributed by atoms with van der Waals surface area (Å²) >= 11 is 0. The highest BCUT2D eigenvalue weighted by Gasteiger charge is 2.22. The molecule has 0 radical (unpaired) electrons. The van der Waals surface area contributed by atoms with E-state index in [4.69, 9.17) is 4.42 Å². The average molecular weight is 350 g/mol. The molecule has 2 aromatic heterocycles. The molecule has 0 unspecified atom stereocenters. The van der Waals surface area contributed by atoms with E-state index in [1.54, 1.807) is 18.4 Å². The van der Waals surface area contributed by atoms with Gasteiger partial charge < -0.3 is 14.3 Å². The van der Waals surface area contributed by atoms with E-state index in [0.717, 1.165) is 30.8 Å². The van der Waals surface area contributed by atoms with Gasteiger partial charge in [0, 0.05) is 45.8 Å². The van der Waals surface area contributed by atoms with Crippen molar-refractivity contribution in [3.63, 3.8) is 0 Å². The van der Waals surface area contributed by atoms with Gasteiger partial charge in [-0.05, 0) is 29.8 Å². The van der Waals surface area contributed by atoms with Gasteiger partial charge in [-0.3, -0.25) is 9.69 Å². The second-order valence-electron chi connectivity index (χ2n) is 6.84. The van der Waals surface area contributed by atoms with E-state index in [2.05, 4.69) is 44.0 Å². The highest BCUT2D eigenvalue weighted by Crippen LogP contribution is 2.21. The van der Waals surface area contributed by atoms with Crippen molar-refractivity contribution < 1.29 is 4.42 Å².